The Kier molecular flexibility index (Phi) is 9.76. The van der Waals surface area contributed by atoms with Crippen molar-refractivity contribution in [1.82, 2.24) is 4.90 Å². The van der Waals surface area contributed by atoms with Crippen molar-refractivity contribution in [2.75, 3.05) is 40.1 Å². The second-order valence-corrected chi connectivity index (χ2v) is 8.35. The molecule has 1 aliphatic heterocycles. The Hall–Kier alpha value is -3.52. The summed E-state index contributed by atoms with van der Waals surface area (Å²) in [5, 5.41) is 11.2. The van der Waals surface area contributed by atoms with Gasteiger partial charge >= 0.3 is 0 Å². The molecule has 1 amide bonds. The molecule has 1 aliphatic rings. The van der Waals surface area contributed by atoms with Crippen LogP contribution in [0.4, 0.5) is 0 Å². The monoisotopic (exact) mass is 497 g/mol. The zero-order valence-electron chi connectivity index (χ0n) is 21.4. The van der Waals surface area contributed by atoms with Gasteiger partial charge in [-0.15, -0.1) is 0 Å². The molecular formula is C28H35NO7. The van der Waals surface area contributed by atoms with Gasteiger partial charge in [-0.1, -0.05) is 19.9 Å². The maximum Gasteiger partial charge on any atom is 0.295 e. The first-order valence-electron chi connectivity index (χ1n) is 12.4. The molecule has 36 heavy (non-hydrogen) atoms. The maximum absolute atomic E-state index is 13.2. The Morgan fingerprint density at radius 3 is 2.22 bits per heavy atom. The minimum atomic E-state index is -0.810. The third kappa shape index (κ3) is 5.99. The molecule has 1 N–H and O–H groups in total. The highest BCUT2D eigenvalue weighted by Gasteiger charge is 2.46. The van der Waals surface area contributed by atoms with Crippen molar-refractivity contribution in [3.63, 3.8) is 0 Å². The fourth-order valence-corrected chi connectivity index (χ4v) is 4.03. The number of hydrogen-bond acceptors (Lipinski definition) is 7. The second-order valence-electron chi connectivity index (χ2n) is 8.35. The molecule has 0 bridgehead atoms. The van der Waals surface area contributed by atoms with Crippen molar-refractivity contribution in [1.29, 1.82) is 0 Å². The molecule has 0 saturated carbocycles. The van der Waals surface area contributed by atoms with Gasteiger partial charge in [0.1, 0.15) is 11.5 Å². The first kappa shape index (κ1) is 27.1. The third-order valence-corrected chi connectivity index (χ3v) is 5.72. The van der Waals surface area contributed by atoms with Gasteiger partial charge in [0, 0.05) is 19.2 Å². The van der Waals surface area contributed by atoms with Crippen LogP contribution in [0.25, 0.3) is 5.76 Å². The SMILES string of the molecule is CCCOc1ccc(/C(O)=C2\C(=O)C(=O)N(CCOC)C2c2ccc(OCCC)c(OCC)c2)cc1. The van der Waals surface area contributed by atoms with Gasteiger partial charge in [-0.3, -0.25) is 9.59 Å². The Balaban J connectivity index is 2.09. The summed E-state index contributed by atoms with van der Waals surface area (Å²) in [5.74, 6) is 0.0752. The van der Waals surface area contributed by atoms with E-state index in [0.717, 1.165) is 12.8 Å². The molecule has 1 heterocycles. The van der Waals surface area contributed by atoms with Crippen LogP contribution in [-0.4, -0.2) is 61.8 Å². The van der Waals surface area contributed by atoms with E-state index in [9.17, 15) is 14.7 Å². The summed E-state index contributed by atoms with van der Waals surface area (Å²) in [4.78, 5) is 27.6. The molecule has 8 nitrogen and oxygen atoms in total. The minimum Gasteiger partial charge on any atom is -0.507 e. The zero-order chi connectivity index (χ0) is 26.1. The van der Waals surface area contributed by atoms with Crippen LogP contribution in [-0.2, 0) is 14.3 Å². The second kappa shape index (κ2) is 13.0. The van der Waals surface area contributed by atoms with Gasteiger partial charge < -0.3 is 29.0 Å². The number of benzene rings is 2. The van der Waals surface area contributed by atoms with Crippen molar-refractivity contribution in [3.8, 4) is 17.2 Å². The van der Waals surface area contributed by atoms with Gasteiger partial charge in [-0.2, -0.15) is 0 Å². The predicted molar refractivity (Wildman–Crippen MR) is 137 cm³/mol. The van der Waals surface area contributed by atoms with Gasteiger partial charge in [-0.25, -0.2) is 0 Å². The van der Waals surface area contributed by atoms with Crippen molar-refractivity contribution in [2.45, 2.75) is 39.7 Å². The molecule has 0 spiro atoms. The molecule has 0 aliphatic carbocycles. The number of carbonyl (C=O) groups excluding carboxylic acids is 2. The smallest absolute Gasteiger partial charge is 0.295 e. The van der Waals surface area contributed by atoms with Crippen molar-refractivity contribution >= 4 is 17.4 Å². The Morgan fingerprint density at radius 1 is 0.889 bits per heavy atom. The Labute approximate surface area is 212 Å². The van der Waals surface area contributed by atoms with E-state index < -0.39 is 17.7 Å². The van der Waals surface area contributed by atoms with Gasteiger partial charge in [0.25, 0.3) is 11.7 Å². The lowest BCUT2D eigenvalue weighted by Crippen LogP contribution is -2.32. The molecule has 1 fully saturated rings. The number of hydrogen-bond donors (Lipinski definition) is 1. The summed E-state index contributed by atoms with van der Waals surface area (Å²) in [6, 6.07) is 11.3. The zero-order valence-corrected chi connectivity index (χ0v) is 21.4. The maximum atomic E-state index is 13.2. The largest absolute Gasteiger partial charge is 0.507 e. The van der Waals surface area contributed by atoms with Crippen LogP contribution in [0.5, 0.6) is 17.2 Å². The lowest BCUT2D eigenvalue weighted by atomic mass is 9.95. The number of amides is 1. The van der Waals surface area contributed by atoms with Gasteiger partial charge in [0.2, 0.25) is 0 Å². The summed E-state index contributed by atoms with van der Waals surface area (Å²) in [7, 11) is 1.53. The lowest BCUT2D eigenvalue weighted by molar-refractivity contribution is -0.140. The molecule has 1 unspecified atom stereocenters. The van der Waals surface area contributed by atoms with Crippen LogP contribution in [0, 0.1) is 0 Å². The number of ketones is 1. The highest BCUT2D eigenvalue weighted by atomic mass is 16.5. The number of ether oxygens (including phenoxy) is 4. The van der Waals surface area contributed by atoms with Crippen LogP contribution >= 0.6 is 0 Å². The quantitative estimate of drug-likeness (QED) is 0.243. The van der Waals surface area contributed by atoms with E-state index in [2.05, 4.69) is 0 Å². The van der Waals surface area contributed by atoms with Crippen LogP contribution in [0.2, 0.25) is 0 Å². The standard InChI is InChI=1S/C28H35NO7/c1-5-15-35-21-11-8-19(9-12-21)26(30)24-25(29(14-17-33-4)28(32)27(24)31)20-10-13-22(36-16-6-2)23(18-20)34-7-3/h8-13,18,25,30H,5-7,14-17H2,1-4H3/b26-24+. The van der Waals surface area contributed by atoms with E-state index >= 15 is 0 Å². The summed E-state index contributed by atoms with van der Waals surface area (Å²) in [6.07, 6.45) is 1.71. The third-order valence-electron chi connectivity index (χ3n) is 5.72. The fraction of sp³-hybridized carbons (Fsp3) is 0.429. The number of methoxy groups -OCH3 is 1. The first-order chi connectivity index (χ1) is 17.5. The predicted octanol–water partition coefficient (Wildman–Crippen LogP) is 4.73. The molecule has 0 radical (unpaired) electrons. The van der Waals surface area contributed by atoms with Crippen molar-refractivity contribution < 1.29 is 33.6 Å². The van der Waals surface area contributed by atoms with Gasteiger partial charge in [-0.05, 0) is 61.7 Å². The summed E-state index contributed by atoms with van der Waals surface area (Å²) in [6.45, 7) is 7.85. The Morgan fingerprint density at radius 2 is 1.58 bits per heavy atom. The average molecular weight is 498 g/mol. The van der Waals surface area contributed by atoms with Gasteiger partial charge in [0.15, 0.2) is 11.5 Å². The topological polar surface area (TPSA) is 94.5 Å². The van der Waals surface area contributed by atoms with Crippen LogP contribution < -0.4 is 14.2 Å². The van der Waals surface area contributed by atoms with E-state index in [4.69, 9.17) is 18.9 Å². The lowest BCUT2D eigenvalue weighted by Gasteiger charge is -2.26. The van der Waals surface area contributed by atoms with E-state index in [1.807, 2.05) is 20.8 Å². The molecule has 194 valence electrons. The number of Topliss-reactive ketones (excluding diaryl/α,β-unsaturated/α-hetero) is 1. The first-order valence-corrected chi connectivity index (χ1v) is 12.4. The number of nitrogens with zero attached hydrogens (tertiary/aromatic N) is 1. The van der Waals surface area contributed by atoms with Crippen LogP contribution in [0.1, 0.15) is 50.8 Å². The minimum absolute atomic E-state index is 0.0167. The van der Waals surface area contributed by atoms with Gasteiger partial charge in [0.05, 0.1) is 38.0 Å². The number of likely N-dealkylation sites (tertiary alicyclic amines) is 1. The number of aliphatic hydroxyl groups is 1. The number of carbonyl (C=O) groups is 2. The Bertz CT molecular complexity index is 1080. The van der Waals surface area contributed by atoms with Crippen molar-refractivity contribution in [3.05, 3.63) is 59.2 Å². The van der Waals surface area contributed by atoms with Crippen LogP contribution in [0.3, 0.4) is 0 Å². The van der Waals surface area contributed by atoms with E-state index in [1.165, 1.54) is 12.0 Å². The highest BCUT2D eigenvalue weighted by Crippen LogP contribution is 2.42. The summed E-state index contributed by atoms with van der Waals surface area (Å²) in [5.41, 5.74) is 1.06. The fourth-order valence-electron chi connectivity index (χ4n) is 4.03. The molecule has 1 atom stereocenters. The van der Waals surface area contributed by atoms with Crippen LogP contribution in [0.15, 0.2) is 48.0 Å². The molecule has 2 aromatic rings. The molecule has 8 heteroatoms. The van der Waals surface area contributed by atoms with E-state index in [0.29, 0.717) is 48.2 Å². The summed E-state index contributed by atoms with van der Waals surface area (Å²) < 4.78 is 22.4. The molecule has 3 rings (SSSR count). The molecule has 1 saturated heterocycles. The molecule has 2 aromatic carbocycles. The van der Waals surface area contributed by atoms with E-state index in [-0.39, 0.29) is 24.5 Å². The summed E-state index contributed by atoms with van der Waals surface area (Å²) >= 11 is 0. The normalized spacial score (nSPS) is 16.9. The van der Waals surface area contributed by atoms with E-state index in [1.54, 1.807) is 42.5 Å². The number of aliphatic hydroxyl groups excluding tert-OH is 1. The van der Waals surface area contributed by atoms with Crippen molar-refractivity contribution in [2.24, 2.45) is 0 Å². The molecule has 0 aromatic heterocycles. The average Bonchev–Trinajstić information content (AvgIpc) is 3.15. The molecular weight excluding hydrogens is 462 g/mol. The highest BCUT2D eigenvalue weighted by molar-refractivity contribution is 6.46. The number of rotatable bonds is 13.